The van der Waals surface area contributed by atoms with E-state index in [0.29, 0.717) is 19.1 Å². The minimum atomic E-state index is -0.276. The normalized spacial score (nSPS) is 18.3. The van der Waals surface area contributed by atoms with Gasteiger partial charge in [-0.1, -0.05) is 30.3 Å². The topological polar surface area (TPSA) is 93.3 Å². The van der Waals surface area contributed by atoms with E-state index in [4.69, 9.17) is 0 Å². The summed E-state index contributed by atoms with van der Waals surface area (Å²) in [5, 5.41) is 17.1. The van der Waals surface area contributed by atoms with Gasteiger partial charge in [-0.2, -0.15) is 0 Å². The van der Waals surface area contributed by atoms with Crippen LogP contribution in [0, 0.1) is 0 Å². The van der Waals surface area contributed by atoms with Gasteiger partial charge in [-0.25, -0.2) is 0 Å². The number of nitrogens with zero attached hydrogens (tertiary/aromatic N) is 2. The maximum atomic E-state index is 12.4. The highest BCUT2D eigenvalue weighted by atomic mass is 16.2. The van der Waals surface area contributed by atoms with Crippen molar-refractivity contribution in [2.24, 2.45) is 0 Å². The van der Waals surface area contributed by atoms with Crippen molar-refractivity contribution in [1.82, 2.24) is 36.5 Å². The molecule has 5 N–H and O–H groups in total. The molecule has 2 fully saturated rings. The molecule has 0 unspecified atom stereocenters. The van der Waals surface area contributed by atoms with Gasteiger partial charge in [0.05, 0.1) is 11.7 Å². The summed E-state index contributed by atoms with van der Waals surface area (Å²) >= 11 is 0. The molecule has 1 amide bonds. The van der Waals surface area contributed by atoms with Crippen LogP contribution in [0.4, 0.5) is 0 Å². The van der Waals surface area contributed by atoms with Gasteiger partial charge in [-0.05, 0) is 102 Å². The van der Waals surface area contributed by atoms with E-state index in [9.17, 15) is 4.79 Å². The van der Waals surface area contributed by atoms with Crippen LogP contribution < -0.4 is 26.6 Å². The van der Waals surface area contributed by atoms with Crippen LogP contribution in [0.25, 0.3) is 0 Å². The van der Waals surface area contributed by atoms with Gasteiger partial charge in [-0.15, -0.1) is 0 Å². The first-order chi connectivity index (χ1) is 18.7. The van der Waals surface area contributed by atoms with E-state index in [0.717, 1.165) is 43.4 Å². The Kier molecular flexibility index (Phi) is 12.0. The number of benzene rings is 1. The van der Waals surface area contributed by atoms with E-state index in [1.807, 2.05) is 25.1 Å². The van der Waals surface area contributed by atoms with Crippen molar-refractivity contribution in [3.63, 3.8) is 0 Å². The number of rotatable bonds is 14. The van der Waals surface area contributed by atoms with Crippen LogP contribution in [0.2, 0.25) is 0 Å². The predicted octanol–water partition coefficient (Wildman–Crippen LogP) is 2.16. The van der Waals surface area contributed by atoms with Crippen LogP contribution >= 0.6 is 0 Å². The maximum Gasteiger partial charge on any atom is 0.237 e. The molecule has 38 heavy (non-hydrogen) atoms. The Morgan fingerprint density at radius 3 is 2.42 bits per heavy atom. The van der Waals surface area contributed by atoms with Gasteiger partial charge >= 0.3 is 0 Å². The quantitative estimate of drug-likeness (QED) is 0.243. The zero-order chi connectivity index (χ0) is 26.4. The summed E-state index contributed by atoms with van der Waals surface area (Å²) in [6.45, 7) is 10.8. The van der Waals surface area contributed by atoms with Crippen molar-refractivity contribution in [3.05, 3.63) is 65.5 Å². The van der Waals surface area contributed by atoms with E-state index >= 15 is 0 Å². The van der Waals surface area contributed by atoms with E-state index in [-0.39, 0.29) is 11.9 Å². The van der Waals surface area contributed by atoms with Crippen LogP contribution in [0.5, 0.6) is 0 Å². The molecule has 2 aliphatic heterocycles. The number of nitrogens with one attached hydrogen (secondary N) is 5. The number of carbonyl (C=O) groups excluding carboxylic acids is 1. The number of carbonyl (C=O) groups is 1. The molecule has 208 valence electrons. The van der Waals surface area contributed by atoms with E-state index in [1.165, 1.54) is 57.4 Å². The van der Waals surface area contributed by atoms with Crippen molar-refractivity contribution in [1.29, 1.82) is 0 Å². The first-order valence-electron chi connectivity index (χ1n) is 14.5. The highest BCUT2D eigenvalue weighted by molar-refractivity contribution is 5.81. The van der Waals surface area contributed by atoms with Crippen LogP contribution in [-0.4, -0.2) is 73.2 Å². The molecule has 0 aliphatic carbocycles. The summed E-state index contributed by atoms with van der Waals surface area (Å²) < 4.78 is 0. The Bertz CT molecular complexity index is 925. The summed E-state index contributed by atoms with van der Waals surface area (Å²) in [4.78, 5) is 19.4. The summed E-state index contributed by atoms with van der Waals surface area (Å²) in [6.07, 6.45) is 8.10. The number of pyridine rings is 1. The minimum absolute atomic E-state index is 0.00684. The highest BCUT2D eigenvalue weighted by Gasteiger charge is 2.25. The molecule has 2 saturated heterocycles. The second kappa shape index (κ2) is 15.9. The predicted molar refractivity (Wildman–Crippen MR) is 154 cm³/mol. The maximum absolute atomic E-state index is 12.4. The first kappa shape index (κ1) is 28.6. The zero-order valence-electron chi connectivity index (χ0n) is 23.1. The SMILES string of the molecule is C[C@H](NCc1ccccn1)C(=O)NCc1ccc(CNCCCNC2CCN(C3CCNCC3)CC2)cc1. The molecule has 0 bridgehead atoms. The average Bonchev–Trinajstić information content (AvgIpc) is 2.98. The summed E-state index contributed by atoms with van der Waals surface area (Å²) in [7, 11) is 0. The lowest BCUT2D eigenvalue weighted by atomic mass is 9.98. The Hall–Kier alpha value is -2.36. The third-order valence-corrected chi connectivity index (χ3v) is 7.85. The molecule has 0 saturated carbocycles. The van der Waals surface area contributed by atoms with Crippen molar-refractivity contribution < 1.29 is 4.79 Å². The second-order valence-corrected chi connectivity index (χ2v) is 10.7. The first-order valence-corrected chi connectivity index (χ1v) is 14.5. The van der Waals surface area contributed by atoms with E-state index in [1.54, 1.807) is 6.20 Å². The third-order valence-electron chi connectivity index (χ3n) is 7.85. The molecular formula is C30H47N7O. The Morgan fingerprint density at radius 1 is 0.974 bits per heavy atom. The lowest BCUT2D eigenvalue weighted by molar-refractivity contribution is -0.122. The lowest BCUT2D eigenvalue weighted by Crippen LogP contribution is -2.49. The highest BCUT2D eigenvalue weighted by Crippen LogP contribution is 2.18. The molecular weight excluding hydrogens is 474 g/mol. The monoisotopic (exact) mass is 521 g/mol. The molecule has 0 radical (unpaired) electrons. The molecule has 2 aromatic rings. The van der Waals surface area contributed by atoms with Gasteiger partial charge in [0.15, 0.2) is 0 Å². The molecule has 1 atom stereocenters. The number of amides is 1. The number of aromatic nitrogens is 1. The fourth-order valence-electron chi connectivity index (χ4n) is 5.36. The number of hydrogen-bond acceptors (Lipinski definition) is 7. The Labute approximate surface area is 228 Å². The van der Waals surface area contributed by atoms with Crippen molar-refractivity contribution in [2.75, 3.05) is 39.3 Å². The third kappa shape index (κ3) is 9.75. The van der Waals surface area contributed by atoms with Gasteiger partial charge in [0.1, 0.15) is 0 Å². The summed E-state index contributed by atoms with van der Waals surface area (Å²) in [5.41, 5.74) is 3.30. The van der Waals surface area contributed by atoms with Gasteiger partial charge in [0.25, 0.3) is 0 Å². The van der Waals surface area contributed by atoms with Crippen LogP contribution in [0.15, 0.2) is 48.7 Å². The number of hydrogen-bond donors (Lipinski definition) is 5. The van der Waals surface area contributed by atoms with Crippen molar-refractivity contribution in [3.8, 4) is 0 Å². The Balaban J connectivity index is 1.02. The fourth-order valence-corrected chi connectivity index (χ4v) is 5.36. The van der Waals surface area contributed by atoms with Gasteiger partial charge < -0.3 is 31.5 Å². The lowest BCUT2D eigenvalue weighted by Gasteiger charge is -2.39. The van der Waals surface area contributed by atoms with Crippen LogP contribution in [0.3, 0.4) is 0 Å². The molecule has 0 spiro atoms. The Morgan fingerprint density at radius 2 is 1.71 bits per heavy atom. The zero-order valence-corrected chi connectivity index (χ0v) is 23.1. The van der Waals surface area contributed by atoms with Crippen molar-refractivity contribution >= 4 is 5.91 Å². The standard InChI is InChI=1S/C30H47N7O/c1-24(35-23-28-5-2-3-15-34-28)30(38)36-22-26-8-6-25(7-9-26)21-32-14-4-16-33-27-12-19-37(20-13-27)29-10-17-31-18-11-29/h2-3,5-9,15,24,27,29,31-33,35H,4,10-14,16-23H2,1H3,(H,36,38)/t24-/m0/s1. The van der Waals surface area contributed by atoms with E-state index in [2.05, 4.69) is 60.7 Å². The minimum Gasteiger partial charge on any atom is -0.351 e. The van der Waals surface area contributed by atoms with Gasteiger partial charge in [0, 0.05) is 37.9 Å². The van der Waals surface area contributed by atoms with Gasteiger partial charge in [-0.3, -0.25) is 9.78 Å². The molecule has 8 nitrogen and oxygen atoms in total. The number of likely N-dealkylation sites (tertiary alicyclic amines) is 1. The van der Waals surface area contributed by atoms with Gasteiger partial charge in [0.2, 0.25) is 5.91 Å². The summed E-state index contributed by atoms with van der Waals surface area (Å²) in [5.74, 6) is -0.00684. The number of piperidine rings is 2. The van der Waals surface area contributed by atoms with E-state index < -0.39 is 0 Å². The second-order valence-electron chi connectivity index (χ2n) is 10.7. The largest absolute Gasteiger partial charge is 0.351 e. The summed E-state index contributed by atoms with van der Waals surface area (Å²) in [6, 6.07) is 15.5. The smallest absolute Gasteiger partial charge is 0.237 e. The molecule has 4 rings (SSSR count). The fraction of sp³-hybridized carbons (Fsp3) is 0.600. The van der Waals surface area contributed by atoms with Crippen LogP contribution in [0.1, 0.15) is 55.8 Å². The molecule has 1 aromatic carbocycles. The molecule has 8 heteroatoms. The van der Waals surface area contributed by atoms with Crippen molar-refractivity contribution in [2.45, 2.75) is 76.8 Å². The molecule has 1 aromatic heterocycles. The molecule has 3 heterocycles. The van der Waals surface area contributed by atoms with Crippen LogP contribution in [-0.2, 0) is 24.4 Å². The molecule has 2 aliphatic rings. The average molecular weight is 522 g/mol.